The summed E-state index contributed by atoms with van der Waals surface area (Å²) in [4.78, 5) is 0. The monoisotopic (exact) mass is 283 g/mol. The van der Waals surface area contributed by atoms with Crippen LogP contribution in [0.4, 0.5) is 5.69 Å². The van der Waals surface area contributed by atoms with E-state index in [1.54, 1.807) is 0 Å². The summed E-state index contributed by atoms with van der Waals surface area (Å²) in [5.41, 5.74) is 5.85. The first-order chi connectivity index (χ1) is 9.97. The molecule has 0 aliphatic carbocycles. The highest BCUT2D eigenvalue weighted by molar-refractivity contribution is 5.48. The first-order valence-electron chi connectivity index (χ1n) is 7.56. The second kappa shape index (κ2) is 6.77. The van der Waals surface area contributed by atoms with Crippen LogP contribution in [0.15, 0.2) is 42.5 Å². The molecule has 2 N–H and O–H groups in total. The molecule has 0 bridgehead atoms. The van der Waals surface area contributed by atoms with Gasteiger partial charge in [-0.25, -0.2) is 0 Å². The largest absolute Gasteiger partial charge is 0.387 e. The number of aliphatic hydroxyl groups excluding tert-OH is 1. The Balaban J connectivity index is 1.97. The van der Waals surface area contributed by atoms with Crippen molar-refractivity contribution in [2.75, 3.05) is 11.9 Å². The van der Waals surface area contributed by atoms with Gasteiger partial charge in [-0.05, 0) is 54.2 Å². The minimum atomic E-state index is -0.493. The van der Waals surface area contributed by atoms with E-state index in [9.17, 15) is 5.11 Å². The maximum Gasteiger partial charge on any atom is 0.0962 e. The van der Waals surface area contributed by atoms with Crippen molar-refractivity contribution in [3.8, 4) is 0 Å². The van der Waals surface area contributed by atoms with Gasteiger partial charge in [0.2, 0.25) is 0 Å². The Morgan fingerprint density at radius 3 is 2.10 bits per heavy atom. The first-order valence-corrected chi connectivity index (χ1v) is 7.56. The van der Waals surface area contributed by atoms with Crippen LogP contribution in [0, 0.1) is 13.8 Å². The summed E-state index contributed by atoms with van der Waals surface area (Å²) in [5, 5.41) is 13.6. The number of aryl methyl sites for hydroxylation is 2. The highest BCUT2D eigenvalue weighted by Gasteiger charge is 2.08. The second-order valence-electron chi connectivity index (χ2n) is 6.02. The lowest BCUT2D eigenvalue weighted by Gasteiger charge is -2.15. The van der Waals surface area contributed by atoms with Crippen LogP contribution in [0.1, 0.15) is 48.1 Å². The van der Waals surface area contributed by atoms with E-state index in [0.717, 1.165) is 11.3 Å². The van der Waals surface area contributed by atoms with Gasteiger partial charge in [0, 0.05) is 12.2 Å². The van der Waals surface area contributed by atoms with E-state index >= 15 is 0 Å². The molecule has 1 unspecified atom stereocenters. The van der Waals surface area contributed by atoms with Gasteiger partial charge in [0.05, 0.1) is 6.10 Å². The lowest BCUT2D eigenvalue weighted by atomic mass is 10.00. The molecule has 0 saturated carbocycles. The smallest absolute Gasteiger partial charge is 0.0962 e. The molecule has 0 amide bonds. The molecule has 2 aromatic carbocycles. The fourth-order valence-corrected chi connectivity index (χ4v) is 2.29. The number of hydrogen-bond acceptors (Lipinski definition) is 2. The van der Waals surface area contributed by atoms with Gasteiger partial charge in [0.25, 0.3) is 0 Å². The molecule has 1 atom stereocenters. The van der Waals surface area contributed by atoms with Gasteiger partial charge in [-0.3, -0.25) is 0 Å². The molecule has 0 aromatic heterocycles. The summed E-state index contributed by atoms with van der Waals surface area (Å²) in [7, 11) is 0. The normalized spacial score (nSPS) is 12.5. The zero-order valence-corrected chi connectivity index (χ0v) is 13.4. The maximum absolute atomic E-state index is 10.3. The Bertz CT molecular complexity index is 587. The molecule has 0 aliphatic rings. The topological polar surface area (TPSA) is 32.3 Å². The first kappa shape index (κ1) is 15.6. The second-order valence-corrected chi connectivity index (χ2v) is 6.02. The average molecular weight is 283 g/mol. The molecule has 0 aliphatic heterocycles. The van der Waals surface area contributed by atoms with E-state index in [1.807, 2.05) is 12.1 Å². The Morgan fingerprint density at radius 1 is 0.905 bits per heavy atom. The van der Waals surface area contributed by atoms with Gasteiger partial charge in [0.1, 0.15) is 0 Å². The lowest BCUT2D eigenvalue weighted by molar-refractivity contribution is 0.191. The van der Waals surface area contributed by atoms with E-state index in [-0.39, 0.29) is 0 Å². The highest BCUT2D eigenvalue weighted by Crippen LogP contribution is 2.20. The van der Waals surface area contributed by atoms with E-state index in [2.05, 4.69) is 63.3 Å². The maximum atomic E-state index is 10.3. The third-order valence-electron chi connectivity index (χ3n) is 3.99. The molecule has 0 radical (unpaired) electrons. The number of rotatable bonds is 5. The SMILES string of the molecule is Cc1ccc(NCC(O)c2ccc(C(C)C)cc2)cc1C. The minimum absolute atomic E-state index is 0.493. The van der Waals surface area contributed by atoms with Crippen molar-refractivity contribution in [3.63, 3.8) is 0 Å². The minimum Gasteiger partial charge on any atom is -0.387 e. The van der Waals surface area contributed by atoms with Crippen LogP contribution in [-0.2, 0) is 0 Å². The zero-order chi connectivity index (χ0) is 15.4. The molecule has 21 heavy (non-hydrogen) atoms. The summed E-state index contributed by atoms with van der Waals surface area (Å²) in [5.74, 6) is 0.518. The van der Waals surface area contributed by atoms with Crippen molar-refractivity contribution in [2.24, 2.45) is 0 Å². The molecule has 2 aromatic rings. The fraction of sp³-hybridized carbons (Fsp3) is 0.368. The van der Waals surface area contributed by atoms with Crippen molar-refractivity contribution in [1.82, 2.24) is 0 Å². The third-order valence-corrected chi connectivity index (χ3v) is 3.99. The van der Waals surface area contributed by atoms with Crippen LogP contribution in [0.2, 0.25) is 0 Å². The molecule has 2 nitrogen and oxygen atoms in total. The predicted molar refractivity (Wildman–Crippen MR) is 89.9 cm³/mol. The number of hydrogen-bond donors (Lipinski definition) is 2. The summed E-state index contributed by atoms with van der Waals surface area (Å²) in [6.45, 7) is 9.06. The highest BCUT2D eigenvalue weighted by atomic mass is 16.3. The van der Waals surface area contributed by atoms with Crippen molar-refractivity contribution >= 4 is 5.69 Å². The van der Waals surface area contributed by atoms with E-state index in [4.69, 9.17) is 0 Å². The molecular formula is C19H25NO. The molecule has 0 heterocycles. The Morgan fingerprint density at radius 2 is 1.52 bits per heavy atom. The van der Waals surface area contributed by atoms with Gasteiger partial charge in [-0.2, -0.15) is 0 Å². The van der Waals surface area contributed by atoms with Gasteiger partial charge in [0.15, 0.2) is 0 Å². The zero-order valence-electron chi connectivity index (χ0n) is 13.4. The Kier molecular flexibility index (Phi) is 5.03. The fourth-order valence-electron chi connectivity index (χ4n) is 2.29. The van der Waals surface area contributed by atoms with Crippen LogP contribution < -0.4 is 5.32 Å². The van der Waals surface area contributed by atoms with Crippen LogP contribution in [0.25, 0.3) is 0 Å². The van der Waals surface area contributed by atoms with Crippen LogP contribution in [-0.4, -0.2) is 11.7 Å². The van der Waals surface area contributed by atoms with Gasteiger partial charge < -0.3 is 10.4 Å². The number of benzene rings is 2. The molecule has 2 rings (SSSR count). The molecule has 2 heteroatoms. The summed E-state index contributed by atoms with van der Waals surface area (Å²) in [6, 6.07) is 14.5. The van der Waals surface area contributed by atoms with Gasteiger partial charge in [-0.15, -0.1) is 0 Å². The number of aliphatic hydroxyl groups is 1. The van der Waals surface area contributed by atoms with E-state index in [0.29, 0.717) is 12.5 Å². The van der Waals surface area contributed by atoms with E-state index < -0.39 is 6.10 Å². The number of nitrogens with one attached hydrogen (secondary N) is 1. The quantitative estimate of drug-likeness (QED) is 0.842. The molecule has 0 saturated heterocycles. The Hall–Kier alpha value is -1.80. The third kappa shape index (κ3) is 4.08. The summed E-state index contributed by atoms with van der Waals surface area (Å²) in [6.07, 6.45) is -0.493. The summed E-state index contributed by atoms with van der Waals surface area (Å²) >= 11 is 0. The molecule has 0 fully saturated rings. The molecule has 0 spiro atoms. The number of anilines is 1. The van der Waals surface area contributed by atoms with Crippen LogP contribution in [0.3, 0.4) is 0 Å². The standard InChI is InChI=1S/C19H25NO/c1-13(2)16-6-8-17(9-7-16)19(21)12-20-18-10-5-14(3)15(4)11-18/h5-11,13,19-21H,12H2,1-4H3. The lowest BCUT2D eigenvalue weighted by Crippen LogP contribution is -2.12. The predicted octanol–water partition coefficient (Wildman–Crippen LogP) is 4.57. The molecular weight excluding hydrogens is 258 g/mol. The van der Waals surface area contributed by atoms with Crippen LogP contribution >= 0.6 is 0 Å². The van der Waals surface area contributed by atoms with Crippen molar-refractivity contribution in [1.29, 1.82) is 0 Å². The Labute approximate surface area is 127 Å². The summed E-state index contributed by atoms with van der Waals surface area (Å²) < 4.78 is 0. The van der Waals surface area contributed by atoms with Crippen molar-refractivity contribution in [3.05, 3.63) is 64.7 Å². The van der Waals surface area contributed by atoms with Crippen LogP contribution in [0.5, 0.6) is 0 Å². The van der Waals surface area contributed by atoms with E-state index in [1.165, 1.54) is 16.7 Å². The van der Waals surface area contributed by atoms with Crippen molar-refractivity contribution in [2.45, 2.75) is 39.7 Å². The van der Waals surface area contributed by atoms with Gasteiger partial charge in [-0.1, -0.05) is 44.2 Å². The average Bonchev–Trinajstić information content (AvgIpc) is 2.48. The van der Waals surface area contributed by atoms with Crippen molar-refractivity contribution < 1.29 is 5.11 Å². The molecule has 112 valence electrons. The van der Waals surface area contributed by atoms with Gasteiger partial charge >= 0.3 is 0 Å².